The Labute approximate surface area is 127 Å². The number of carbonyl (C=O) groups excluding carboxylic acids is 1. The maximum absolute atomic E-state index is 11.8. The first-order valence-electron chi connectivity index (χ1n) is 7.95. The molecule has 3 atom stereocenters. The van der Waals surface area contributed by atoms with Crippen molar-refractivity contribution in [2.75, 3.05) is 19.6 Å². The lowest BCUT2D eigenvalue weighted by atomic mass is 10.00. The average molecular weight is 288 g/mol. The first kappa shape index (κ1) is 15.8. The molecule has 2 heterocycles. The van der Waals surface area contributed by atoms with Crippen LogP contribution in [-0.4, -0.2) is 47.4 Å². The number of hydrogen-bond acceptors (Lipinski definition) is 4. The number of hydrogen-bond donors (Lipinski definition) is 0. The van der Waals surface area contributed by atoms with E-state index in [4.69, 9.17) is 5.26 Å². The van der Waals surface area contributed by atoms with Crippen LogP contribution in [0.2, 0.25) is 0 Å². The number of amides is 1. The molecule has 0 bridgehead atoms. The number of carbonyl (C=O) groups is 1. The summed E-state index contributed by atoms with van der Waals surface area (Å²) < 4.78 is 0. The van der Waals surface area contributed by atoms with Gasteiger partial charge in [-0.1, -0.05) is 0 Å². The Morgan fingerprint density at radius 3 is 2.62 bits per heavy atom. The van der Waals surface area contributed by atoms with Crippen LogP contribution in [-0.2, 0) is 4.79 Å². The molecule has 114 valence electrons. The monoisotopic (exact) mass is 288 g/mol. The predicted molar refractivity (Wildman–Crippen MR) is 79.0 cm³/mol. The summed E-state index contributed by atoms with van der Waals surface area (Å²) in [6.07, 6.45) is 5.52. The van der Waals surface area contributed by atoms with Crippen molar-refractivity contribution in [1.29, 1.82) is 10.5 Å². The number of likely N-dealkylation sites (tertiary alicyclic amines) is 2. The van der Waals surface area contributed by atoms with E-state index < -0.39 is 0 Å². The van der Waals surface area contributed by atoms with Gasteiger partial charge in [0, 0.05) is 38.5 Å². The van der Waals surface area contributed by atoms with E-state index in [2.05, 4.69) is 17.0 Å². The SMILES string of the molecule is CC(=O)N1CCC[C@@H]1[C@@H]1CCCN1C[C@@H](C#N)CCC#N. The summed E-state index contributed by atoms with van der Waals surface area (Å²) in [6.45, 7) is 4.28. The number of nitrogens with zero attached hydrogens (tertiary/aromatic N) is 4. The van der Waals surface area contributed by atoms with Gasteiger partial charge in [-0.25, -0.2) is 0 Å². The first-order valence-corrected chi connectivity index (χ1v) is 7.95. The Hall–Kier alpha value is -1.59. The second kappa shape index (κ2) is 7.43. The van der Waals surface area contributed by atoms with Crippen LogP contribution in [0.25, 0.3) is 0 Å². The second-order valence-electron chi connectivity index (χ2n) is 6.15. The molecule has 21 heavy (non-hydrogen) atoms. The highest BCUT2D eigenvalue weighted by Gasteiger charge is 2.39. The molecule has 0 spiro atoms. The van der Waals surface area contributed by atoms with Crippen LogP contribution < -0.4 is 0 Å². The molecule has 0 N–H and O–H groups in total. The zero-order valence-corrected chi connectivity index (χ0v) is 12.8. The van der Waals surface area contributed by atoms with Gasteiger partial charge >= 0.3 is 0 Å². The van der Waals surface area contributed by atoms with Crippen LogP contribution in [0.3, 0.4) is 0 Å². The zero-order chi connectivity index (χ0) is 15.2. The topological polar surface area (TPSA) is 71.1 Å². The van der Waals surface area contributed by atoms with E-state index in [1.807, 2.05) is 4.90 Å². The molecule has 2 saturated heterocycles. The van der Waals surface area contributed by atoms with Gasteiger partial charge in [-0.15, -0.1) is 0 Å². The average Bonchev–Trinajstić information content (AvgIpc) is 3.11. The highest BCUT2D eigenvalue weighted by atomic mass is 16.2. The third-order valence-electron chi connectivity index (χ3n) is 4.80. The van der Waals surface area contributed by atoms with Crippen molar-refractivity contribution in [2.24, 2.45) is 5.92 Å². The van der Waals surface area contributed by atoms with Crippen molar-refractivity contribution in [3.05, 3.63) is 0 Å². The van der Waals surface area contributed by atoms with E-state index in [0.717, 1.165) is 45.3 Å². The van der Waals surface area contributed by atoms with Gasteiger partial charge in [-0.2, -0.15) is 10.5 Å². The summed E-state index contributed by atoms with van der Waals surface area (Å²) >= 11 is 0. The van der Waals surface area contributed by atoms with Crippen molar-refractivity contribution in [1.82, 2.24) is 9.80 Å². The van der Waals surface area contributed by atoms with Crippen molar-refractivity contribution in [2.45, 2.75) is 57.5 Å². The number of nitriles is 2. The fourth-order valence-corrected chi connectivity index (χ4v) is 3.82. The molecular weight excluding hydrogens is 264 g/mol. The lowest BCUT2D eigenvalue weighted by Gasteiger charge is -2.35. The summed E-state index contributed by atoms with van der Waals surface area (Å²) in [5, 5.41) is 17.9. The van der Waals surface area contributed by atoms with Crippen LogP contribution in [0.5, 0.6) is 0 Å². The van der Waals surface area contributed by atoms with Crippen LogP contribution in [0.4, 0.5) is 0 Å². The normalized spacial score (nSPS) is 27.3. The predicted octanol–water partition coefficient (Wildman–Crippen LogP) is 1.91. The van der Waals surface area contributed by atoms with E-state index in [-0.39, 0.29) is 11.8 Å². The molecule has 5 heteroatoms. The lowest BCUT2D eigenvalue weighted by Crippen LogP contribution is -2.48. The van der Waals surface area contributed by atoms with Crippen molar-refractivity contribution < 1.29 is 4.79 Å². The Bertz CT molecular complexity index is 450. The molecule has 0 aromatic heterocycles. The molecule has 0 aromatic carbocycles. The molecule has 0 radical (unpaired) electrons. The van der Waals surface area contributed by atoms with Gasteiger partial charge in [-0.3, -0.25) is 9.69 Å². The molecule has 0 saturated carbocycles. The van der Waals surface area contributed by atoms with E-state index in [1.54, 1.807) is 6.92 Å². The minimum absolute atomic E-state index is 0.0718. The van der Waals surface area contributed by atoms with Gasteiger partial charge in [0.2, 0.25) is 5.91 Å². The zero-order valence-electron chi connectivity index (χ0n) is 12.8. The maximum Gasteiger partial charge on any atom is 0.219 e. The van der Waals surface area contributed by atoms with Gasteiger partial charge in [0.1, 0.15) is 0 Å². The molecular formula is C16H24N4O. The largest absolute Gasteiger partial charge is 0.338 e. The minimum Gasteiger partial charge on any atom is -0.338 e. The van der Waals surface area contributed by atoms with Crippen molar-refractivity contribution >= 4 is 5.91 Å². The second-order valence-corrected chi connectivity index (χ2v) is 6.15. The molecule has 1 amide bonds. The van der Waals surface area contributed by atoms with E-state index in [9.17, 15) is 10.1 Å². The van der Waals surface area contributed by atoms with E-state index in [1.165, 1.54) is 0 Å². The maximum atomic E-state index is 11.8. The van der Waals surface area contributed by atoms with Crippen LogP contribution in [0.15, 0.2) is 0 Å². The summed E-state index contributed by atoms with van der Waals surface area (Å²) in [7, 11) is 0. The molecule has 2 fully saturated rings. The highest BCUT2D eigenvalue weighted by molar-refractivity contribution is 5.74. The summed E-state index contributed by atoms with van der Waals surface area (Å²) in [4.78, 5) is 16.2. The lowest BCUT2D eigenvalue weighted by molar-refractivity contribution is -0.130. The Morgan fingerprint density at radius 2 is 1.95 bits per heavy atom. The summed E-state index contributed by atoms with van der Waals surface area (Å²) in [6, 6.07) is 5.18. The van der Waals surface area contributed by atoms with Gasteiger partial charge in [-0.05, 0) is 38.6 Å². The quantitative estimate of drug-likeness (QED) is 0.774. The summed E-state index contributed by atoms with van der Waals surface area (Å²) in [5.41, 5.74) is 0. The first-order chi connectivity index (χ1) is 10.2. The van der Waals surface area contributed by atoms with Gasteiger partial charge in [0.25, 0.3) is 0 Å². The van der Waals surface area contributed by atoms with E-state index >= 15 is 0 Å². The fourth-order valence-electron chi connectivity index (χ4n) is 3.82. The van der Waals surface area contributed by atoms with Crippen LogP contribution in [0, 0.1) is 28.6 Å². The molecule has 0 unspecified atom stereocenters. The van der Waals surface area contributed by atoms with Gasteiger partial charge < -0.3 is 4.90 Å². The molecule has 0 aromatic rings. The minimum atomic E-state index is -0.0718. The van der Waals surface area contributed by atoms with Crippen LogP contribution in [0.1, 0.15) is 45.4 Å². The molecule has 2 aliphatic rings. The Morgan fingerprint density at radius 1 is 1.24 bits per heavy atom. The van der Waals surface area contributed by atoms with Crippen molar-refractivity contribution in [3.63, 3.8) is 0 Å². The third-order valence-corrected chi connectivity index (χ3v) is 4.80. The molecule has 2 aliphatic heterocycles. The van der Waals surface area contributed by atoms with Gasteiger partial charge in [0.15, 0.2) is 0 Å². The Kier molecular flexibility index (Phi) is 5.59. The smallest absolute Gasteiger partial charge is 0.219 e. The highest BCUT2D eigenvalue weighted by Crippen LogP contribution is 2.30. The summed E-state index contributed by atoms with van der Waals surface area (Å²) in [5.74, 6) is 0.100. The standard InChI is InChI=1S/C16H24N4O/c1-13(21)20-10-4-7-16(20)15-6-3-9-19(15)12-14(11-18)5-2-8-17/h14-16H,2-7,9-10,12H2,1H3/t14-,15+,16-/m1/s1. The molecule has 0 aliphatic carbocycles. The van der Waals surface area contributed by atoms with Crippen molar-refractivity contribution in [3.8, 4) is 12.1 Å². The third kappa shape index (κ3) is 3.74. The van der Waals surface area contributed by atoms with Crippen LogP contribution >= 0.6 is 0 Å². The Balaban J connectivity index is 1.98. The number of rotatable bonds is 5. The molecule has 5 nitrogen and oxygen atoms in total. The molecule has 2 rings (SSSR count). The van der Waals surface area contributed by atoms with E-state index in [0.29, 0.717) is 24.9 Å². The fraction of sp³-hybridized carbons (Fsp3) is 0.812. The van der Waals surface area contributed by atoms with Gasteiger partial charge in [0.05, 0.1) is 18.1 Å².